The SMILES string of the molecule is Cc1ccc(NC(=O)c2ccc3c(=O)n(C)cnc3c2)nc1N1CCN(C)CC1. The third-order valence-electron chi connectivity index (χ3n) is 5.30. The highest BCUT2D eigenvalue weighted by Gasteiger charge is 2.18. The van der Waals surface area contributed by atoms with Gasteiger partial charge in [0.05, 0.1) is 17.2 Å². The molecule has 0 spiro atoms. The van der Waals surface area contributed by atoms with E-state index in [0.717, 1.165) is 37.6 Å². The summed E-state index contributed by atoms with van der Waals surface area (Å²) in [6, 6.07) is 8.68. The van der Waals surface area contributed by atoms with Crippen molar-refractivity contribution >= 4 is 28.4 Å². The van der Waals surface area contributed by atoms with Crippen LogP contribution in [0.5, 0.6) is 0 Å². The highest BCUT2D eigenvalue weighted by molar-refractivity contribution is 6.05. The third-order valence-corrected chi connectivity index (χ3v) is 5.30. The molecule has 4 rings (SSSR count). The second-order valence-corrected chi connectivity index (χ2v) is 7.47. The molecule has 2 aromatic heterocycles. The van der Waals surface area contributed by atoms with Gasteiger partial charge in [-0.2, -0.15) is 0 Å². The molecule has 0 saturated carbocycles. The van der Waals surface area contributed by atoms with Crippen LogP contribution in [0.25, 0.3) is 10.9 Å². The number of aryl methyl sites for hydroxylation is 2. The van der Waals surface area contributed by atoms with Gasteiger partial charge in [-0.1, -0.05) is 6.07 Å². The molecule has 0 atom stereocenters. The van der Waals surface area contributed by atoms with Crippen molar-refractivity contribution in [2.75, 3.05) is 43.4 Å². The zero-order chi connectivity index (χ0) is 20.5. The van der Waals surface area contributed by atoms with E-state index in [0.29, 0.717) is 22.3 Å². The number of carbonyl (C=O) groups is 1. The molecule has 1 aliphatic rings. The van der Waals surface area contributed by atoms with Crippen molar-refractivity contribution in [2.24, 2.45) is 7.05 Å². The number of benzene rings is 1. The zero-order valence-electron chi connectivity index (χ0n) is 16.8. The molecule has 1 N–H and O–H groups in total. The summed E-state index contributed by atoms with van der Waals surface area (Å²) >= 11 is 0. The van der Waals surface area contributed by atoms with Gasteiger partial charge in [0.1, 0.15) is 11.6 Å². The Morgan fingerprint density at radius 3 is 2.59 bits per heavy atom. The largest absolute Gasteiger partial charge is 0.354 e. The Hall–Kier alpha value is -3.26. The van der Waals surface area contributed by atoms with Crippen molar-refractivity contribution in [1.82, 2.24) is 19.4 Å². The van der Waals surface area contributed by atoms with E-state index in [1.807, 2.05) is 19.1 Å². The maximum atomic E-state index is 12.7. The number of nitrogens with zero attached hydrogens (tertiary/aromatic N) is 5. The molecule has 0 bridgehead atoms. The number of nitrogens with one attached hydrogen (secondary N) is 1. The van der Waals surface area contributed by atoms with Crippen LogP contribution in [0.15, 0.2) is 41.5 Å². The monoisotopic (exact) mass is 392 g/mol. The number of piperazine rings is 1. The van der Waals surface area contributed by atoms with Gasteiger partial charge >= 0.3 is 0 Å². The van der Waals surface area contributed by atoms with Crippen molar-refractivity contribution in [3.05, 3.63) is 58.1 Å². The molecule has 1 fully saturated rings. The van der Waals surface area contributed by atoms with E-state index in [2.05, 4.69) is 32.1 Å². The van der Waals surface area contributed by atoms with E-state index in [1.54, 1.807) is 25.2 Å². The minimum Gasteiger partial charge on any atom is -0.354 e. The van der Waals surface area contributed by atoms with E-state index in [9.17, 15) is 9.59 Å². The smallest absolute Gasteiger partial charge is 0.260 e. The fraction of sp³-hybridized carbons (Fsp3) is 0.333. The van der Waals surface area contributed by atoms with Crippen LogP contribution in [0.2, 0.25) is 0 Å². The molecule has 0 radical (unpaired) electrons. The Bertz CT molecular complexity index is 1130. The van der Waals surface area contributed by atoms with E-state index >= 15 is 0 Å². The van der Waals surface area contributed by atoms with Crippen molar-refractivity contribution in [1.29, 1.82) is 0 Å². The molecule has 1 aromatic carbocycles. The standard InChI is InChI=1S/C21H24N6O2/c1-14-4-7-18(23-19(14)27-10-8-25(2)9-11-27)24-20(28)15-5-6-16-17(12-15)22-13-26(3)21(16)29/h4-7,12-13H,8-11H2,1-3H3,(H,23,24,28). The fourth-order valence-corrected chi connectivity index (χ4v) is 3.47. The number of fused-ring (bicyclic) bond motifs is 1. The number of aromatic nitrogens is 3. The summed E-state index contributed by atoms with van der Waals surface area (Å²) in [6.07, 6.45) is 1.45. The van der Waals surface area contributed by atoms with E-state index < -0.39 is 0 Å². The Balaban J connectivity index is 1.57. The first-order valence-corrected chi connectivity index (χ1v) is 9.60. The van der Waals surface area contributed by atoms with Crippen LogP contribution in [-0.2, 0) is 7.05 Å². The molecule has 29 heavy (non-hydrogen) atoms. The molecule has 3 aromatic rings. The number of amides is 1. The number of likely N-dealkylation sites (N-methyl/N-ethyl adjacent to an activating group) is 1. The van der Waals surface area contributed by atoms with Crippen LogP contribution in [0, 0.1) is 6.92 Å². The number of rotatable bonds is 3. The first kappa shape index (κ1) is 19.1. The van der Waals surface area contributed by atoms with Crippen LogP contribution in [0.3, 0.4) is 0 Å². The van der Waals surface area contributed by atoms with Gasteiger partial charge in [0, 0.05) is 38.8 Å². The molecule has 8 nitrogen and oxygen atoms in total. The van der Waals surface area contributed by atoms with Crippen molar-refractivity contribution in [3.63, 3.8) is 0 Å². The predicted molar refractivity (Wildman–Crippen MR) is 114 cm³/mol. The molecule has 1 saturated heterocycles. The normalized spacial score (nSPS) is 14.9. The van der Waals surface area contributed by atoms with E-state index in [1.165, 1.54) is 10.9 Å². The Labute approximate surface area is 168 Å². The number of hydrogen-bond acceptors (Lipinski definition) is 6. The maximum Gasteiger partial charge on any atom is 0.260 e. The summed E-state index contributed by atoms with van der Waals surface area (Å²) in [7, 11) is 3.76. The minimum absolute atomic E-state index is 0.140. The molecular formula is C21H24N6O2. The van der Waals surface area contributed by atoms with Gasteiger partial charge in [0.2, 0.25) is 0 Å². The Kier molecular flexibility index (Phi) is 5.02. The number of carbonyl (C=O) groups excluding carboxylic acids is 1. The summed E-state index contributed by atoms with van der Waals surface area (Å²) in [5.41, 5.74) is 1.87. The van der Waals surface area contributed by atoms with Crippen molar-refractivity contribution < 1.29 is 4.79 Å². The molecule has 3 heterocycles. The van der Waals surface area contributed by atoms with Gasteiger partial charge in [-0.25, -0.2) is 9.97 Å². The first-order valence-electron chi connectivity index (χ1n) is 9.60. The summed E-state index contributed by atoms with van der Waals surface area (Å²) in [6.45, 7) is 5.82. The lowest BCUT2D eigenvalue weighted by Gasteiger charge is -2.34. The topological polar surface area (TPSA) is 83.4 Å². The second kappa shape index (κ2) is 7.63. The number of pyridine rings is 1. The van der Waals surface area contributed by atoms with Crippen LogP contribution < -0.4 is 15.8 Å². The quantitative estimate of drug-likeness (QED) is 0.730. The average Bonchev–Trinajstić information content (AvgIpc) is 2.72. The van der Waals surface area contributed by atoms with Crippen LogP contribution in [-0.4, -0.2) is 58.6 Å². The Morgan fingerprint density at radius 2 is 1.83 bits per heavy atom. The van der Waals surface area contributed by atoms with E-state index in [-0.39, 0.29) is 11.5 Å². The van der Waals surface area contributed by atoms with Crippen LogP contribution in [0.1, 0.15) is 15.9 Å². The summed E-state index contributed by atoms with van der Waals surface area (Å²) in [4.78, 5) is 38.4. The van der Waals surface area contributed by atoms with Gasteiger partial charge in [-0.15, -0.1) is 0 Å². The molecular weight excluding hydrogens is 368 g/mol. The predicted octanol–water partition coefficient (Wildman–Crippen LogP) is 1.64. The van der Waals surface area contributed by atoms with Gasteiger partial charge in [0.15, 0.2) is 0 Å². The van der Waals surface area contributed by atoms with Gasteiger partial charge in [0.25, 0.3) is 11.5 Å². The maximum absolute atomic E-state index is 12.7. The van der Waals surface area contributed by atoms with E-state index in [4.69, 9.17) is 0 Å². The van der Waals surface area contributed by atoms with Crippen LogP contribution >= 0.6 is 0 Å². The van der Waals surface area contributed by atoms with Crippen molar-refractivity contribution in [2.45, 2.75) is 6.92 Å². The van der Waals surface area contributed by atoms with Gasteiger partial charge in [-0.3, -0.25) is 9.59 Å². The molecule has 0 aliphatic carbocycles. The van der Waals surface area contributed by atoms with Gasteiger partial charge < -0.3 is 19.7 Å². The summed E-state index contributed by atoms with van der Waals surface area (Å²) in [5, 5.41) is 3.35. The highest BCUT2D eigenvalue weighted by Crippen LogP contribution is 2.22. The van der Waals surface area contributed by atoms with Gasteiger partial charge in [-0.05, 0) is 43.8 Å². The lowest BCUT2D eigenvalue weighted by Crippen LogP contribution is -2.45. The zero-order valence-corrected chi connectivity index (χ0v) is 16.8. The fourth-order valence-electron chi connectivity index (χ4n) is 3.47. The summed E-state index contributed by atoms with van der Waals surface area (Å²) < 4.78 is 1.41. The third kappa shape index (κ3) is 3.84. The molecule has 0 unspecified atom stereocenters. The first-order chi connectivity index (χ1) is 13.9. The average molecular weight is 392 g/mol. The second-order valence-electron chi connectivity index (χ2n) is 7.47. The molecule has 8 heteroatoms. The highest BCUT2D eigenvalue weighted by atomic mass is 16.1. The Morgan fingerprint density at radius 1 is 1.07 bits per heavy atom. The minimum atomic E-state index is -0.282. The number of hydrogen-bond donors (Lipinski definition) is 1. The van der Waals surface area contributed by atoms with Crippen LogP contribution in [0.4, 0.5) is 11.6 Å². The molecule has 1 amide bonds. The number of anilines is 2. The summed E-state index contributed by atoms with van der Waals surface area (Å²) in [5.74, 6) is 1.13. The lowest BCUT2D eigenvalue weighted by molar-refractivity contribution is 0.102. The molecule has 150 valence electrons. The molecule has 1 aliphatic heterocycles. The lowest BCUT2D eigenvalue weighted by atomic mass is 10.1. The van der Waals surface area contributed by atoms with Crippen molar-refractivity contribution in [3.8, 4) is 0 Å².